The minimum Gasteiger partial charge on any atom is -0.260 e. The molecule has 4 nitrogen and oxygen atoms in total. The Morgan fingerprint density at radius 1 is 0.635 bits per heavy atom. The molecule has 4 heteroatoms. The van der Waals surface area contributed by atoms with Crippen LogP contribution in [-0.2, 0) is 6.42 Å². The number of hydrogen-bond acceptors (Lipinski definition) is 4. The van der Waals surface area contributed by atoms with Gasteiger partial charge in [0.1, 0.15) is 5.82 Å². The Morgan fingerprint density at radius 2 is 1.38 bits per heavy atom. The van der Waals surface area contributed by atoms with E-state index in [4.69, 9.17) is 19.9 Å². The van der Waals surface area contributed by atoms with Crippen LogP contribution in [0, 0.1) is 11.8 Å². The van der Waals surface area contributed by atoms with E-state index in [1.165, 1.54) is 49.7 Å². The Morgan fingerprint density at radius 3 is 2.27 bits per heavy atom. The van der Waals surface area contributed by atoms with E-state index in [0.717, 1.165) is 52.7 Å². The van der Waals surface area contributed by atoms with Crippen LogP contribution in [0.15, 0.2) is 139 Å². The molecule has 10 rings (SSSR count). The Labute approximate surface area is 304 Å². The standard InChI is InChI=1S/C48H38N4/c1-29-19-20-34-26-35(28-49-44(34)25-29)31-21-23-32(24-22-31)46-50-47(43-27-33-11-3-4-13-37(33)39-15-7-8-17-41(39)43)52-48(51-46)45-30(2)36-12-5-6-14-38(36)40-16-9-10-18-42(40)45/h3-4,6-11,13-24,26-30,45H,5,12,25H2,1-2H3. The van der Waals surface area contributed by atoms with Crippen molar-refractivity contribution in [3.63, 3.8) is 0 Å². The zero-order chi connectivity index (χ0) is 34.8. The summed E-state index contributed by atoms with van der Waals surface area (Å²) in [7, 11) is 0. The van der Waals surface area contributed by atoms with Gasteiger partial charge in [-0.2, -0.15) is 0 Å². The molecule has 0 bridgehead atoms. The largest absolute Gasteiger partial charge is 0.260 e. The summed E-state index contributed by atoms with van der Waals surface area (Å²) in [6.07, 6.45) is 14.3. The lowest BCUT2D eigenvalue weighted by atomic mass is 9.69. The molecule has 0 aliphatic heterocycles. The monoisotopic (exact) mass is 670 g/mol. The second kappa shape index (κ2) is 12.3. The zero-order valence-corrected chi connectivity index (χ0v) is 29.4. The maximum Gasteiger partial charge on any atom is 0.164 e. The van der Waals surface area contributed by atoms with Gasteiger partial charge in [-0.3, -0.25) is 4.98 Å². The molecule has 3 atom stereocenters. The molecule has 0 N–H and O–H groups in total. The van der Waals surface area contributed by atoms with Gasteiger partial charge in [-0.05, 0) is 92.6 Å². The minimum atomic E-state index is 0.00490. The van der Waals surface area contributed by atoms with Crippen LogP contribution in [0.4, 0.5) is 0 Å². The minimum absolute atomic E-state index is 0.00490. The maximum absolute atomic E-state index is 5.43. The van der Waals surface area contributed by atoms with Crippen LogP contribution in [0.5, 0.6) is 0 Å². The van der Waals surface area contributed by atoms with Crippen molar-refractivity contribution in [3.05, 3.63) is 167 Å². The first-order chi connectivity index (χ1) is 25.6. The molecule has 3 aliphatic carbocycles. The molecule has 3 aliphatic rings. The molecule has 0 amide bonds. The summed E-state index contributed by atoms with van der Waals surface area (Å²) in [5, 5.41) is 4.74. The highest BCUT2D eigenvalue weighted by atomic mass is 15.0. The van der Waals surface area contributed by atoms with Gasteiger partial charge in [-0.25, -0.2) is 15.0 Å². The van der Waals surface area contributed by atoms with Crippen LogP contribution < -0.4 is 0 Å². The second-order valence-corrected chi connectivity index (χ2v) is 14.6. The van der Waals surface area contributed by atoms with E-state index in [-0.39, 0.29) is 11.8 Å². The van der Waals surface area contributed by atoms with E-state index < -0.39 is 0 Å². The Bertz CT molecular complexity index is 2650. The summed E-state index contributed by atoms with van der Waals surface area (Å²) in [5.41, 5.74) is 12.1. The molecule has 0 saturated carbocycles. The lowest BCUT2D eigenvalue weighted by Gasteiger charge is -2.35. The summed E-state index contributed by atoms with van der Waals surface area (Å²) in [4.78, 5) is 20.9. The SMILES string of the molecule is CC1C=Cc2cc(-c3ccc(-c4nc(-c5cc6ccccc6c6ccccc56)nc(C5c6ccccc6C6=C(CCC=C6)C5C)n4)cc3)cnc2C1. The van der Waals surface area contributed by atoms with Crippen molar-refractivity contribution in [2.45, 2.75) is 39.0 Å². The number of aromatic nitrogens is 4. The van der Waals surface area contributed by atoms with Crippen molar-refractivity contribution in [1.82, 2.24) is 19.9 Å². The lowest BCUT2D eigenvalue weighted by molar-refractivity contribution is 0.535. The third-order valence-electron chi connectivity index (χ3n) is 11.4. The van der Waals surface area contributed by atoms with Crippen molar-refractivity contribution in [2.24, 2.45) is 11.8 Å². The third kappa shape index (κ3) is 5.12. The molecule has 5 aromatic carbocycles. The molecule has 52 heavy (non-hydrogen) atoms. The molecule has 0 radical (unpaired) electrons. The summed E-state index contributed by atoms with van der Waals surface area (Å²) < 4.78 is 0. The highest BCUT2D eigenvalue weighted by molar-refractivity contribution is 6.13. The molecule has 3 unspecified atom stereocenters. The fraction of sp³-hybridized carbons (Fsp3) is 0.167. The topological polar surface area (TPSA) is 51.6 Å². The van der Waals surface area contributed by atoms with Gasteiger partial charge in [0, 0.05) is 28.6 Å². The summed E-state index contributed by atoms with van der Waals surface area (Å²) in [6, 6.07) is 39.2. The fourth-order valence-corrected chi connectivity index (χ4v) is 8.72. The van der Waals surface area contributed by atoms with Gasteiger partial charge in [0.05, 0.1) is 5.92 Å². The molecule has 0 saturated heterocycles. The molecule has 7 aromatic rings. The molecule has 0 fully saturated rings. The number of benzene rings is 5. The Hall–Kier alpha value is -6.00. The van der Waals surface area contributed by atoms with Crippen LogP contribution in [0.25, 0.3) is 67.1 Å². The lowest BCUT2D eigenvalue weighted by Crippen LogP contribution is -2.24. The van der Waals surface area contributed by atoms with Crippen LogP contribution in [-0.4, -0.2) is 19.9 Å². The van der Waals surface area contributed by atoms with Crippen LogP contribution in [0.1, 0.15) is 60.8 Å². The van der Waals surface area contributed by atoms with Crippen LogP contribution in [0.3, 0.4) is 0 Å². The smallest absolute Gasteiger partial charge is 0.164 e. The van der Waals surface area contributed by atoms with Crippen molar-refractivity contribution in [3.8, 4) is 33.9 Å². The van der Waals surface area contributed by atoms with Gasteiger partial charge in [-0.15, -0.1) is 0 Å². The van der Waals surface area contributed by atoms with E-state index in [2.05, 4.69) is 147 Å². The Kier molecular flexibility index (Phi) is 7.31. The van der Waals surface area contributed by atoms with Gasteiger partial charge >= 0.3 is 0 Å². The molecular weight excluding hydrogens is 633 g/mol. The average molecular weight is 671 g/mol. The van der Waals surface area contributed by atoms with Crippen molar-refractivity contribution in [2.75, 3.05) is 0 Å². The molecular formula is C48H38N4. The predicted molar refractivity (Wildman–Crippen MR) is 214 cm³/mol. The first-order valence-electron chi connectivity index (χ1n) is 18.5. The van der Waals surface area contributed by atoms with E-state index in [0.29, 0.717) is 17.6 Å². The number of nitrogens with zero attached hydrogens (tertiary/aromatic N) is 4. The van der Waals surface area contributed by atoms with Gasteiger partial charge in [0.25, 0.3) is 0 Å². The van der Waals surface area contributed by atoms with Crippen molar-refractivity contribution < 1.29 is 0 Å². The number of hydrogen-bond donors (Lipinski definition) is 0. The van der Waals surface area contributed by atoms with Crippen molar-refractivity contribution in [1.29, 1.82) is 0 Å². The highest BCUT2D eigenvalue weighted by Gasteiger charge is 2.36. The van der Waals surface area contributed by atoms with E-state index >= 15 is 0 Å². The number of rotatable bonds is 4. The van der Waals surface area contributed by atoms with Crippen LogP contribution >= 0.6 is 0 Å². The quantitative estimate of drug-likeness (QED) is 0.175. The van der Waals surface area contributed by atoms with Gasteiger partial charge < -0.3 is 0 Å². The fourth-order valence-electron chi connectivity index (χ4n) is 8.72. The zero-order valence-electron chi connectivity index (χ0n) is 29.4. The average Bonchev–Trinajstić information content (AvgIpc) is 3.20. The Balaban J connectivity index is 1.15. The first-order valence-corrected chi connectivity index (χ1v) is 18.5. The number of pyridine rings is 1. The number of fused-ring (bicyclic) bond motifs is 6. The summed E-state index contributed by atoms with van der Waals surface area (Å²) in [5.74, 6) is 3.00. The normalized spacial score (nSPS) is 19.1. The molecule has 250 valence electrons. The maximum atomic E-state index is 5.43. The van der Waals surface area contributed by atoms with Gasteiger partial charge in [0.2, 0.25) is 0 Å². The highest BCUT2D eigenvalue weighted by Crippen LogP contribution is 2.48. The molecule has 0 spiro atoms. The van der Waals surface area contributed by atoms with Crippen molar-refractivity contribution >= 4 is 33.2 Å². The third-order valence-corrected chi connectivity index (χ3v) is 11.4. The van der Waals surface area contributed by atoms with Gasteiger partial charge in [-0.1, -0.05) is 141 Å². The van der Waals surface area contributed by atoms with Crippen LogP contribution in [0.2, 0.25) is 0 Å². The van der Waals surface area contributed by atoms with Gasteiger partial charge in [0.15, 0.2) is 11.6 Å². The number of allylic oxidation sites excluding steroid dienone is 5. The summed E-state index contributed by atoms with van der Waals surface area (Å²) in [6.45, 7) is 4.60. The second-order valence-electron chi connectivity index (χ2n) is 14.6. The van der Waals surface area contributed by atoms with E-state index in [1.807, 2.05) is 6.20 Å². The summed E-state index contributed by atoms with van der Waals surface area (Å²) >= 11 is 0. The first kappa shape index (κ1) is 30.8. The van der Waals surface area contributed by atoms with E-state index in [9.17, 15) is 0 Å². The van der Waals surface area contributed by atoms with E-state index in [1.54, 1.807) is 0 Å². The molecule has 2 heterocycles. The predicted octanol–water partition coefficient (Wildman–Crippen LogP) is 11.7. The molecule has 2 aromatic heterocycles.